The molecule has 0 saturated carbocycles. The predicted octanol–water partition coefficient (Wildman–Crippen LogP) is 6.62. The van der Waals surface area contributed by atoms with Crippen LogP contribution in [-0.4, -0.2) is 21.3 Å². The lowest BCUT2D eigenvalue weighted by Gasteiger charge is -2.32. The van der Waals surface area contributed by atoms with Gasteiger partial charge in [-0.25, -0.2) is 8.78 Å². The van der Waals surface area contributed by atoms with Gasteiger partial charge in [-0.2, -0.15) is 13.2 Å². The Labute approximate surface area is 200 Å². The Hall–Kier alpha value is -2.84. The zero-order valence-electron chi connectivity index (χ0n) is 19.3. The molecule has 1 aliphatic carbocycles. The normalized spacial score (nSPS) is 19.0. The first-order valence-electron chi connectivity index (χ1n) is 11.5. The number of pyridine rings is 1. The number of hydrogen-bond donors (Lipinski definition) is 2. The van der Waals surface area contributed by atoms with Crippen LogP contribution < -0.4 is 0 Å². The van der Waals surface area contributed by atoms with Crippen LogP contribution in [0.3, 0.4) is 0 Å². The molecule has 1 aliphatic rings. The molecule has 0 spiro atoms. The average Bonchev–Trinajstić information content (AvgIpc) is 2.81. The first-order chi connectivity index (χ1) is 16.5. The molecule has 1 heterocycles. The summed E-state index contributed by atoms with van der Waals surface area (Å²) in [5, 5.41) is 21.2. The van der Waals surface area contributed by atoms with Crippen LogP contribution in [0.25, 0.3) is 11.1 Å². The van der Waals surface area contributed by atoms with E-state index in [2.05, 4.69) is 0 Å². The van der Waals surface area contributed by atoms with E-state index in [4.69, 9.17) is 4.98 Å². The van der Waals surface area contributed by atoms with Crippen LogP contribution in [0.1, 0.15) is 72.1 Å². The summed E-state index contributed by atoms with van der Waals surface area (Å²) in [5.41, 5.74) is 2.29. The van der Waals surface area contributed by atoms with Crippen molar-refractivity contribution in [2.75, 3.05) is 0 Å². The molecule has 0 amide bonds. The number of aromatic nitrogens is 1. The van der Waals surface area contributed by atoms with Crippen molar-refractivity contribution < 1.29 is 32.2 Å². The maximum atomic E-state index is 15.6. The maximum absolute atomic E-state index is 15.6. The highest BCUT2D eigenvalue weighted by Crippen LogP contribution is 2.43. The topological polar surface area (TPSA) is 53.4 Å². The predicted molar refractivity (Wildman–Crippen MR) is 122 cm³/mol. The van der Waals surface area contributed by atoms with Crippen molar-refractivity contribution in [1.29, 1.82) is 0 Å². The fourth-order valence-corrected chi connectivity index (χ4v) is 4.66. The summed E-state index contributed by atoms with van der Waals surface area (Å²) in [7, 11) is 0. The molecule has 0 bridgehead atoms. The molecular formula is C27H26F5NO2. The van der Waals surface area contributed by atoms with E-state index in [1.54, 1.807) is 0 Å². The second-order valence-corrected chi connectivity index (χ2v) is 9.21. The third-order valence-corrected chi connectivity index (χ3v) is 6.45. The van der Waals surface area contributed by atoms with Gasteiger partial charge in [0.15, 0.2) is 0 Å². The van der Waals surface area contributed by atoms with Crippen LogP contribution in [0.5, 0.6) is 0 Å². The van der Waals surface area contributed by atoms with E-state index in [9.17, 15) is 27.8 Å². The Morgan fingerprint density at radius 2 is 1.63 bits per heavy atom. The van der Waals surface area contributed by atoms with Gasteiger partial charge in [-0.15, -0.1) is 0 Å². The Morgan fingerprint density at radius 3 is 2.20 bits per heavy atom. The molecule has 0 fully saturated rings. The smallest absolute Gasteiger partial charge is 0.390 e. The number of nitrogens with zero attached hydrogens (tertiary/aromatic N) is 1. The number of benzene rings is 2. The lowest BCUT2D eigenvalue weighted by Crippen LogP contribution is -2.28. The fraction of sp³-hybridized carbons (Fsp3) is 0.370. The van der Waals surface area contributed by atoms with Gasteiger partial charge in [0.1, 0.15) is 18.1 Å². The molecule has 0 saturated heterocycles. The summed E-state index contributed by atoms with van der Waals surface area (Å²) in [6.07, 6.45) is -7.94. The number of hydrogen-bond acceptors (Lipinski definition) is 3. The van der Waals surface area contributed by atoms with Gasteiger partial charge in [0.25, 0.3) is 0 Å². The summed E-state index contributed by atoms with van der Waals surface area (Å²) in [5.74, 6) is -0.589. The van der Waals surface area contributed by atoms with Gasteiger partial charge in [-0.1, -0.05) is 38.1 Å². The van der Waals surface area contributed by atoms with Crippen molar-refractivity contribution in [3.05, 3.63) is 88.0 Å². The Kier molecular flexibility index (Phi) is 6.97. The molecule has 3 nitrogen and oxygen atoms in total. The summed E-state index contributed by atoms with van der Waals surface area (Å²) in [4.78, 5) is 4.73. The van der Waals surface area contributed by atoms with Crippen molar-refractivity contribution in [2.45, 2.75) is 63.6 Å². The highest BCUT2D eigenvalue weighted by atomic mass is 19.4. The first kappa shape index (κ1) is 25.3. The minimum atomic E-state index is -4.52. The Bertz CT molecular complexity index is 1190. The zero-order valence-corrected chi connectivity index (χ0v) is 19.3. The van der Waals surface area contributed by atoms with Crippen LogP contribution in [0.15, 0.2) is 48.5 Å². The van der Waals surface area contributed by atoms with Gasteiger partial charge in [0, 0.05) is 23.4 Å². The van der Waals surface area contributed by atoms with Crippen molar-refractivity contribution >= 4 is 0 Å². The van der Waals surface area contributed by atoms with Gasteiger partial charge in [-0.05, 0) is 65.3 Å². The number of aryl methyl sites for hydroxylation is 1. The molecule has 2 N–H and O–H groups in total. The molecule has 3 aromatic rings. The number of fused-ring (bicyclic) bond motifs is 1. The number of rotatable bonds is 5. The van der Waals surface area contributed by atoms with Crippen LogP contribution in [0.2, 0.25) is 0 Å². The van der Waals surface area contributed by atoms with E-state index in [1.807, 2.05) is 13.8 Å². The first-order valence-corrected chi connectivity index (χ1v) is 11.5. The SMILES string of the molecule is CC(C)c1nc2c(c(-c3ccc(F)cc3)c1CC(F)c1ccc(C(F)(F)F)cc1)C(O)C(O)CC2. The van der Waals surface area contributed by atoms with Crippen LogP contribution in [-0.2, 0) is 19.0 Å². The van der Waals surface area contributed by atoms with Crippen molar-refractivity contribution in [3.8, 4) is 11.1 Å². The molecule has 3 unspecified atom stereocenters. The lowest BCUT2D eigenvalue weighted by molar-refractivity contribution is -0.137. The number of alkyl halides is 4. The van der Waals surface area contributed by atoms with E-state index in [1.165, 1.54) is 24.3 Å². The fourth-order valence-electron chi connectivity index (χ4n) is 4.66. The average molecular weight is 492 g/mol. The number of aliphatic hydroxyl groups excluding tert-OH is 2. The van der Waals surface area contributed by atoms with E-state index in [0.29, 0.717) is 46.5 Å². The minimum absolute atomic E-state index is 0.0797. The molecule has 35 heavy (non-hydrogen) atoms. The second kappa shape index (κ2) is 9.66. The third kappa shape index (κ3) is 5.09. The molecule has 0 radical (unpaired) electrons. The zero-order chi connectivity index (χ0) is 25.5. The van der Waals surface area contributed by atoms with E-state index in [-0.39, 0.29) is 17.9 Å². The molecule has 2 aromatic carbocycles. The molecular weight excluding hydrogens is 465 g/mol. The summed E-state index contributed by atoms with van der Waals surface area (Å²) < 4.78 is 68.1. The molecule has 3 atom stereocenters. The minimum Gasteiger partial charge on any atom is -0.390 e. The van der Waals surface area contributed by atoms with Crippen molar-refractivity contribution in [2.24, 2.45) is 0 Å². The molecule has 186 valence electrons. The Balaban J connectivity index is 1.87. The highest BCUT2D eigenvalue weighted by Gasteiger charge is 2.34. The monoisotopic (exact) mass is 491 g/mol. The van der Waals surface area contributed by atoms with E-state index >= 15 is 4.39 Å². The summed E-state index contributed by atoms with van der Waals surface area (Å²) >= 11 is 0. The number of aliphatic hydroxyl groups is 2. The second-order valence-electron chi connectivity index (χ2n) is 9.21. The van der Waals surface area contributed by atoms with Gasteiger partial charge in [-0.3, -0.25) is 4.98 Å². The van der Waals surface area contributed by atoms with Gasteiger partial charge in [0.05, 0.1) is 11.7 Å². The van der Waals surface area contributed by atoms with Gasteiger partial charge in [0.2, 0.25) is 0 Å². The van der Waals surface area contributed by atoms with Crippen molar-refractivity contribution in [1.82, 2.24) is 4.98 Å². The van der Waals surface area contributed by atoms with E-state index < -0.39 is 35.9 Å². The van der Waals surface area contributed by atoms with Crippen molar-refractivity contribution in [3.63, 3.8) is 0 Å². The maximum Gasteiger partial charge on any atom is 0.416 e. The van der Waals surface area contributed by atoms with Gasteiger partial charge >= 0.3 is 6.18 Å². The molecule has 4 rings (SSSR count). The standard InChI is InChI=1S/C27H26F5NO2/c1-14(2)25-19(13-20(29)15-3-7-17(8-4-15)27(30,31)32)23(16-5-9-18(28)10-6-16)24-21(33-25)11-12-22(34)26(24)35/h3-10,14,20,22,26,34-35H,11-13H2,1-2H3. The molecule has 0 aliphatic heterocycles. The largest absolute Gasteiger partial charge is 0.416 e. The Morgan fingerprint density at radius 1 is 1.00 bits per heavy atom. The van der Waals surface area contributed by atoms with Gasteiger partial charge < -0.3 is 10.2 Å². The third-order valence-electron chi connectivity index (χ3n) is 6.45. The lowest BCUT2D eigenvalue weighted by atomic mass is 9.80. The number of halogens is 5. The summed E-state index contributed by atoms with van der Waals surface area (Å²) in [6, 6.07) is 9.49. The highest BCUT2D eigenvalue weighted by molar-refractivity contribution is 5.74. The van der Waals surface area contributed by atoms with Crippen LogP contribution in [0.4, 0.5) is 22.0 Å². The molecule has 1 aromatic heterocycles. The van der Waals surface area contributed by atoms with Crippen LogP contribution in [0, 0.1) is 5.82 Å². The quantitative estimate of drug-likeness (QED) is 0.394. The van der Waals surface area contributed by atoms with E-state index in [0.717, 1.165) is 24.3 Å². The van der Waals surface area contributed by atoms with Crippen LogP contribution >= 0.6 is 0 Å². The summed E-state index contributed by atoms with van der Waals surface area (Å²) in [6.45, 7) is 3.79. The molecule has 8 heteroatoms.